The molecule has 1 aromatic heterocycles. The van der Waals surface area contributed by atoms with Crippen LogP contribution in [0.25, 0.3) is 11.4 Å². The second-order valence-electron chi connectivity index (χ2n) is 7.80. The maximum absolute atomic E-state index is 12.7. The molecule has 2 heterocycles. The van der Waals surface area contributed by atoms with Gasteiger partial charge < -0.3 is 9.42 Å². The van der Waals surface area contributed by atoms with E-state index in [2.05, 4.69) is 30.9 Å². The SMILES string of the molecule is CC(C)(C)CC(=O)N1CCCC[C@H]1c1nc(-c2cccc(Cl)c2)no1. The molecule has 1 atom stereocenters. The van der Waals surface area contributed by atoms with Gasteiger partial charge in [0.05, 0.1) is 0 Å². The Labute approximate surface area is 153 Å². The summed E-state index contributed by atoms with van der Waals surface area (Å²) in [4.78, 5) is 19.2. The van der Waals surface area contributed by atoms with Crippen molar-refractivity contribution >= 4 is 17.5 Å². The lowest BCUT2D eigenvalue weighted by Gasteiger charge is -2.35. The molecule has 1 aromatic carbocycles. The van der Waals surface area contributed by atoms with E-state index < -0.39 is 0 Å². The van der Waals surface area contributed by atoms with Crippen LogP contribution < -0.4 is 0 Å². The predicted molar refractivity (Wildman–Crippen MR) is 97.1 cm³/mol. The van der Waals surface area contributed by atoms with E-state index in [1.54, 1.807) is 12.1 Å². The molecule has 3 rings (SSSR count). The lowest BCUT2D eigenvalue weighted by atomic mass is 9.90. The molecule has 1 aliphatic rings. The summed E-state index contributed by atoms with van der Waals surface area (Å²) < 4.78 is 5.51. The quantitative estimate of drug-likeness (QED) is 0.781. The number of hydrogen-bond donors (Lipinski definition) is 0. The first-order chi connectivity index (χ1) is 11.8. The third kappa shape index (κ3) is 4.40. The molecule has 1 fully saturated rings. The number of carbonyl (C=O) groups excluding carboxylic acids is 1. The summed E-state index contributed by atoms with van der Waals surface area (Å²) in [6.07, 6.45) is 3.44. The normalized spacial score (nSPS) is 18.4. The number of amides is 1. The smallest absolute Gasteiger partial charge is 0.249 e. The van der Waals surface area contributed by atoms with Gasteiger partial charge in [-0.25, -0.2) is 0 Å². The molecule has 1 aliphatic heterocycles. The molecule has 25 heavy (non-hydrogen) atoms. The number of halogens is 1. The summed E-state index contributed by atoms with van der Waals surface area (Å²) in [5, 5.41) is 4.72. The Morgan fingerprint density at radius 3 is 2.88 bits per heavy atom. The summed E-state index contributed by atoms with van der Waals surface area (Å²) >= 11 is 6.04. The Morgan fingerprint density at radius 2 is 2.16 bits per heavy atom. The van der Waals surface area contributed by atoms with Gasteiger partial charge in [0.15, 0.2) is 0 Å². The highest BCUT2D eigenvalue weighted by atomic mass is 35.5. The zero-order valence-corrected chi connectivity index (χ0v) is 15.7. The van der Waals surface area contributed by atoms with Crippen LogP contribution in [0.1, 0.15) is 58.4 Å². The molecule has 1 amide bonds. The Kier molecular flexibility index (Phi) is 5.13. The van der Waals surface area contributed by atoms with Crippen LogP contribution in [-0.2, 0) is 4.79 Å². The van der Waals surface area contributed by atoms with E-state index in [1.807, 2.05) is 17.0 Å². The molecule has 2 aromatic rings. The fourth-order valence-electron chi connectivity index (χ4n) is 3.16. The van der Waals surface area contributed by atoms with E-state index in [4.69, 9.17) is 16.1 Å². The minimum atomic E-state index is -0.135. The zero-order valence-electron chi connectivity index (χ0n) is 15.0. The molecule has 0 unspecified atom stereocenters. The van der Waals surface area contributed by atoms with Crippen LogP contribution in [0.15, 0.2) is 28.8 Å². The lowest BCUT2D eigenvalue weighted by Crippen LogP contribution is -2.40. The van der Waals surface area contributed by atoms with E-state index in [1.165, 1.54) is 0 Å². The first kappa shape index (κ1) is 17.9. The number of likely N-dealkylation sites (tertiary alicyclic amines) is 1. The molecule has 0 saturated carbocycles. The van der Waals surface area contributed by atoms with Crippen molar-refractivity contribution in [1.82, 2.24) is 15.0 Å². The molecule has 0 aliphatic carbocycles. The number of carbonyl (C=O) groups is 1. The highest BCUT2D eigenvalue weighted by Crippen LogP contribution is 2.33. The number of benzene rings is 1. The molecule has 5 nitrogen and oxygen atoms in total. The van der Waals surface area contributed by atoms with Crippen molar-refractivity contribution in [2.24, 2.45) is 5.41 Å². The third-order valence-electron chi connectivity index (χ3n) is 4.31. The molecule has 6 heteroatoms. The van der Waals surface area contributed by atoms with Crippen molar-refractivity contribution < 1.29 is 9.32 Å². The van der Waals surface area contributed by atoms with Crippen molar-refractivity contribution in [3.8, 4) is 11.4 Å². The van der Waals surface area contributed by atoms with Gasteiger partial charge in [0, 0.05) is 23.6 Å². The summed E-state index contributed by atoms with van der Waals surface area (Å²) in [5.41, 5.74) is 0.769. The Bertz CT molecular complexity index is 751. The monoisotopic (exact) mass is 361 g/mol. The summed E-state index contributed by atoms with van der Waals surface area (Å²) in [7, 11) is 0. The molecular weight excluding hydrogens is 338 g/mol. The van der Waals surface area contributed by atoms with E-state index in [-0.39, 0.29) is 17.4 Å². The lowest BCUT2D eigenvalue weighted by molar-refractivity contribution is -0.137. The second kappa shape index (κ2) is 7.16. The fourth-order valence-corrected chi connectivity index (χ4v) is 3.35. The topological polar surface area (TPSA) is 59.2 Å². The molecule has 0 radical (unpaired) electrons. The standard InChI is InChI=1S/C19H24ClN3O2/c1-19(2,3)12-16(24)23-10-5-4-9-15(23)18-21-17(22-25-18)13-7-6-8-14(20)11-13/h6-8,11,15H,4-5,9-10,12H2,1-3H3/t15-/m0/s1. The zero-order chi connectivity index (χ0) is 18.0. The van der Waals surface area contributed by atoms with Gasteiger partial charge in [-0.1, -0.05) is 49.7 Å². The van der Waals surface area contributed by atoms with Crippen molar-refractivity contribution in [2.45, 2.75) is 52.5 Å². The third-order valence-corrected chi connectivity index (χ3v) is 4.55. The molecule has 1 saturated heterocycles. The minimum Gasteiger partial charge on any atom is -0.337 e. The van der Waals surface area contributed by atoms with Crippen molar-refractivity contribution in [1.29, 1.82) is 0 Å². The van der Waals surface area contributed by atoms with E-state index in [0.717, 1.165) is 31.4 Å². The number of aromatic nitrogens is 2. The average Bonchev–Trinajstić information content (AvgIpc) is 3.03. The number of piperidine rings is 1. The van der Waals surface area contributed by atoms with Crippen LogP contribution in [-0.4, -0.2) is 27.5 Å². The molecule has 0 N–H and O–H groups in total. The van der Waals surface area contributed by atoms with Crippen molar-refractivity contribution in [3.63, 3.8) is 0 Å². The van der Waals surface area contributed by atoms with Crippen LogP contribution in [0.4, 0.5) is 0 Å². The Balaban J connectivity index is 1.82. The summed E-state index contributed by atoms with van der Waals surface area (Å²) in [5.74, 6) is 1.17. The van der Waals surface area contributed by atoms with E-state index in [0.29, 0.717) is 23.2 Å². The first-order valence-corrected chi connectivity index (χ1v) is 9.10. The van der Waals surface area contributed by atoms with Crippen molar-refractivity contribution in [2.75, 3.05) is 6.54 Å². The van der Waals surface area contributed by atoms with Crippen LogP contribution in [0.5, 0.6) is 0 Å². The van der Waals surface area contributed by atoms with Gasteiger partial charge >= 0.3 is 0 Å². The molecule has 0 spiro atoms. The van der Waals surface area contributed by atoms with E-state index in [9.17, 15) is 4.79 Å². The fraction of sp³-hybridized carbons (Fsp3) is 0.526. The second-order valence-corrected chi connectivity index (χ2v) is 8.24. The molecule has 134 valence electrons. The van der Waals surface area contributed by atoms with E-state index >= 15 is 0 Å². The Hall–Kier alpha value is -1.88. The van der Waals surface area contributed by atoms with Gasteiger partial charge in [-0.15, -0.1) is 0 Å². The number of hydrogen-bond acceptors (Lipinski definition) is 4. The highest BCUT2D eigenvalue weighted by Gasteiger charge is 2.33. The number of nitrogens with zero attached hydrogens (tertiary/aromatic N) is 3. The van der Waals surface area contributed by atoms with Gasteiger partial charge in [-0.2, -0.15) is 4.98 Å². The maximum Gasteiger partial charge on any atom is 0.249 e. The van der Waals surface area contributed by atoms with Crippen molar-refractivity contribution in [3.05, 3.63) is 35.2 Å². The summed E-state index contributed by atoms with van der Waals surface area (Å²) in [6.45, 7) is 6.98. The minimum absolute atomic E-state index is 0.0418. The van der Waals surface area contributed by atoms with Crippen LogP contribution in [0.2, 0.25) is 5.02 Å². The Morgan fingerprint density at radius 1 is 1.36 bits per heavy atom. The van der Waals surface area contributed by atoms with Crippen LogP contribution >= 0.6 is 11.6 Å². The van der Waals surface area contributed by atoms with Crippen LogP contribution in [0.3, 0.4) is 0 Å². The van der Waals surface area contributed by atoms with Crippen LogP contribution in [0, 0.1) is 5.41 Å². The molecule has 0 bridgehead atoms. The molecular formula is C19H24ClN3O2. The first-order valence-electron chi connectivity index (χ1n) is 8.72. The maximum atomic E-state index is 12.7. The van der Waals surface area contributed by atoms with Gasteiger partial charge in [-0.3, -0.25) is 4.79 Å². The average molecular weight is 362 g/mol. The van der Waals surface area contributed by atoms with Gasteiger partial charge in [0.1, 0.15) is 6.04 Å². The summed E-state index contributed by atoms with van der Waals surface area (Å²) in [6, 6.07) is 7.22. The van der Waals surface area contributed by atoms with Gasteiger partial charge in [0.25, 0.3) is 0 Å². The number of rotatable bonds is 3. The van der Waals surface area contributed by atoms with Gasteiger partial charge in [-0.05, 0) is 36.8 Å². The largest absolute Gasteiger partial charge is 0.337 e. The highest BCUT2D eigenvalue weighted by molar-refractivity contribution is 6.30. The predicted octanol–water partition coefficient (Wildman–Crippen LogP) is 4.88. The van der Waals surface area contributed by atoms with Gasteiger partial charge in [0.2, 0.25) is 17.6 Å².